The predicted molar refractivity (Wildman–Crippen MR) is 34.8 cm³/mol. The number of rotatable bonds is 4. The Morgan fingerprint density at radius 3 is 2.00 bits per heavy atom. The Morgan fingerprint density at radius 1 is 1.50 bits per heavy atom. The third kappa shape index (κ3) is 2.04. The van der Waals surface area contributed by atoms with Crippen LogP contribution < -0.4 is 0 Å². The molecule has 0 aliphatic rings. The Morgan fingerprint density at radius 2 is 1.90 bits per heavy atom. The molecule has 0 aromatic carbocycles. The van der Waals surface area contributed by atoms with Crippen LogP contribution in [0.25, 0.3) is 0 Å². The van der Waals surface area contributed by atoms with Crippen molar-refractivity contribution in [3.05, 3.63) is 0 Å². The highest BCUT2D eigenvalue weighted by Crippen LogP contribution is 2.47. The maximum absolute atomic E-state index is 11.0. The number of aliphatic hydroxyl groups is 3. The monoisotopic (exact) mass is 170 g/mol. The van der Waals surface area contributed by atoms with Crippen LogP contribution in [0.4, 0.5) is 0 Å². The van der Waals surface area contributed by atoms with Gasteiger partial charge in [-0.3, -0.25) is 0 Å². The topological polar surface area (TPSA) is 87.0 Å². The molecule has 1 atom stereocenters. The van der Waals surface area contributed by atoms with E-state index in [0.29, 0.717) is 0 Å². The van der Waals surface area contributed by atoms with Crippen LogP contribution in [0.5, 0.6) is 0 Å². The van der Waals surface area contributed by atoms with E-state index in [4.69, 9.17) is 15.3 Å². The summed E-state index contributed by atoms with van der Waals surface area (Å²) in [6.45, 7) is 0. The zero-order valence-corrected chi connectivity index (χ0v) is 6.49. The summed E-state index contributed by atoms with van der Waals surface area (Å²) in [4.78, 5) is 0. The normalized spacial score (nSPS) is 15.2. The molecular weight excluding hydrogens is 159 g/mol. The van der Waals surface area contributed by atoms with Gasteiger partial charge in [-0.1, -0.05) is 0 Å². The van der Waals surface area contributed by atoms with Gasteiger partial charge in [0.15, 0.2) is 7.14 Å². The minimum absolute atomic E-state index is 0.751. The second kappa shape index (κ2) is 4.05. The quantitative estimate of drug-likeness (QED) is 0.378. The predicted octanol–water partition coefficient (Wildman–Crippen LogP) is -0.829. The highest BCUT2D eigenvalue weighted by molar-refractivity contribution is 7.63. The van der Waals surface area contributed by atoms with Crippen molar-refractivity contribution in [2.75, 3.05) is 19.8 Å². The molecule has 0 saturated carbocycles. The van der Waals surface area contributed by atoms with Crippen LogP contribution in [0.1, 0.15) is 0 Å². The number of ether oxygens (including phenoxy) is 1. The van der Waals surface area contributed by atoms with Crippen LogP contribution in [0, 0.1) is 0 Å². The van der Waals surface area contributed by atoms with E-state index in [1.165, 1.54) is 0 Å². The third-order valence-electron chi connectivity index (χ3n) is 1.09. The first kappa shape index (κ1) is 10.1. The van der Waals surface area contributed by atoms with Crippen molar-refractivity contribution in [3.63, 3.8) is 0 Å². The Bertz CT molecular complexity index is 128. The Balaban J connectivity index is 4.18. The second-order valence-corrected chi connectivity index (χ2v) is 4.71. The third-order valence-corrected chi connectivity index (χ3v) is 3.07. The molecule has 0 saturated heterocycles. The van der Waals surface area contributed by atoms with E-state index in [0.717, 1.165) is 7.11 Å². The maximum Gasteiger partial charge on any atom is 0.212 e. The molecule has 0 aromatic rings. The minimum Gasteiger partial charge on any atom is -0.388 e. The van der Waals surface area contributed by atoms with Crippen LogP contribution in [0.15, 0.2) is 0 Å². The lowest BCUT2D eigenvalue weighted by Gasteiger charge is -2.17. The zero-order valence-electron chi connectivity index (χ0n) is 5.60. The molecule has 3 N–H and O–H groups in total. The Hall–Kier alpha value is 0.0700. The number of aliphatic hydroxyl groups excluding tert-OH is 3. The summed E-state index contributed by atoms with van der Waals surface area (Å²) in [5.74, 6) is 0. The van der Waals surface area contributed by atoms with Gasteiger partial charge in [0.25, 0.3) is 0 Å². The first-order chi connectivity index (χ1) is 4.60. The highest BCUT2D eigenvalue weighted by atomic mass is 31.2. The van der Waals surface area contributed by atoms with Gasteiger partial charge in [0.05, 0.1) is 0 Å². The van der Waals surface area contributed by atoms with Gasteiger partial charge in [-0.15, -0.1) is 0 Å². The van der Waals surface area contributed by atoms with Crippen molar-refractivity contribution in [3.8, 4) is 0 Å². The Kier molecular flexibility index (Phi) is 4.08. The number of methoxy groups -OCH3 is 1. The second-order valence-electron chi connectivity index (χ2n) is 1.80. The average molecular weight is 170 g/mol. The van der Waals surface area contributed by atoms with Crippen LogP contribution in [0.3, 0.4) is 0 Å². The molecule has 10 heavy (non-hydrogen) atoms. The lowest BCUT2D eigenvalue weighted by Crippen LogP contribution is -2.14. The summed E-state index contributed by atoms with van der Waals surface area (Å²) in [5, 5.41) is 25.6. The highest BCUT2D eigenvalue weighted by Gasteiger charge is 2.29. The molecule has 0 radical (unpaired) electrons. The molecule has 0 amide bonds. The molecule has 0 spiro atoms. The van der Waals surface area contributed by atoms with E-state index in [1.54, 1.807) is 0 Å². The lowest BCUT2D eigenvalue weighted by atomic mass is 11.4. The summed E-state index contributed by atoms with van der Waals surface area (Å²) in [6, 6.07) is -1.57. The molecule has 0 aromatic heterocycles. The Labute approximate surface area is 58.6 Å². The van der Waals surface area contributed by atoms with E-state index < -0.39 is 25.9 Å². The molecule has 6 heteroatoms. The largest absolute Gasteiger partial charge is 0.388 e. The van der Waals surface area contributed by atoms with Crippen LogP contribution in [-0.2, 0) is 9.30 Å². The van der Waals surface area contributed by atoms with Gasteiger partial charge in [0.1, 0.15) is 12.7 Å². The zero-order chi connectivity index (χ0) is 8.20. The summed E-state index contributed by atoms with van der Waals surface area (Å²) in [5.41, 5.74) is 0. The lowest BCUT2D eigenvalue weighted by molar-refractivity contribution is -0.0146. The molecule has 0 heterocycles. The summed E-state index contributed by atoms with van der Waals surface area (Å²) in [6.07, 6.45) is -1.50. The van der Waals surface area contributed by atoms with Crippen molar-refractivity contribution < 1.29 is 24.6 Å². The van der Waals surface area contributed by atoms with Crippen molar-refractivity contribution in [1.82, 2.24) is 0 Å². The van der Waals surface area contributed by atoms with Crippen molar-refractivity contribution in [2.24, 2.45) is 0 Å². The van der Waals surface area contributed by atoms with E-state index in [1.807, 2.05) is 0 Å². The van der Waals surface area contributed by atoms with Crippen LogP contribution in [-0.4, -0.2) is 41.2 Å². The fourth-order valence-electron chi connectivity index (χ4n) is 0.377. The van der Waals surface area contributed by atoms with Gasteiger partial charge in [-0.2, -0.15) is 0 Å². The molecule has 0 aliphatic carbocycles. The molecule has 0 bridgehead atoms. The first-order valence-corrected chi connectivity index (χ1v) is 4.75. The fourth-order valence-corrected chi connectivity index (χ4v) is 1.13. The molecular formula is C4H11O5P. The molecule has 5 nitrogen and oxygen atoms in total. The van der Waals surface area contributed by atoms with E-state index in [9.17, 15) is 4.57 Å². The van der Waals surface area contributed by atoms with E-state index in [-0.39, 0.29) is 0 Å². The average Bonchev–Trinajstić information content (AvgIpc) is 2.01. The fraction of sp³-hybridized carbons (Fsp3) is 1.00. The van der Waals surface area contributed by atoms with Gasteiger partial charge in [0.2, 0.25) is 6.03 Å². The number of hydrogen-bond acceptors (Lipinski definition) is 5. The van der Waals surface area contributed by atoms with Crippen LogP contribution >= 0.6 is 7.14 Å². The molecule has 62 valence electrons. The van der Waals surface area contributed by atoms with Crippen LogP contribution in [0.2, 0.25) is 0 Å². The van der Waals surface area contributed by atoms with E-state index >= 15 is 0 Å². The summed E-state index contributed by atoms with van der Waals surface area (Å²) in [7, 11) is -2.19. The van der Waals surface area contributed by atoms with Gasteiger partial charge in [-0.25, -0.2) is 0 Å². The SMILES string of the molecule is COC(O)P(=O)(CO)CO. The first-order valence-electron chi connectivity index (χ1n) is 2.61. The van der Waals surface area contributed by atoms with Gasteiger partial charge in [0, 0.05) is 7.11 Å². The molecule has 0 fully saturated rings. The van der Waals surface area contributed by atoms with Gasteiger partial charge >= 0.3 is 0 Å². The maximum atomic E-state index is 11.0. The van der Waals surface area contributed by atoms with Crippen molar-refractivity contribution >= 4 is 7.14 Å². The van der Waals surface area contributed by atoms with Crippen molar-refractivity contribution in [1.29, 1.82) is 0 Å². The van der Waals surface area contributed by atoms with Crippen molar-refractivity contribution in [2.45, 2.75) is 6.03 Å². The smallest absolute Gasteiger partial charge is 0.212 e. The van der Waals surface area contributed by atoms with Gasteiger partial charge in [-0.05, 0) is 0 Å². The molecule has 0 aliphatic heterocycles. The minimum atomic E-state index is -3.33. The van der Waals surface area contributed by atoms with Gasteiger partial charge < -0.3 is 24.6 Å². The summed E-state index contributed by atoms with van der Waals surface area (Å²) >= 11 is 0. The van der Waals surface area contributed by atoms with E-state index in [2.05, 4.69) is 4.74 Å². The number of hydrogen-bond donors (Lipinski definition) is 3. The summed E-state index contributed by atoms with van der Waals surface area (Å²) < 4.78 is 15.3. The molecule has 0 rings (SSSR count). The standard InChI is InChI=1S/C4H11O5P/c1-9-4(7)10(8,2-5)3-6/h4-7H,2-3H2,1H3. The molecule has 1 unspecified atom stereocenters.